The van der Waals surface area contributed by atoms with Crippen LogP contribution in [0.1, 0.15) is 42.9 Å². The number of ketones is 1. The number of carbonyl (C=O) groups is 1. The van der Waals surface area contributed by atoms with Crippen LogP contribution in [0.4, 0.5) is 0 Å². The summed E-state index contributed by atoms with van der Waals surface area (Å²) < 4.78 is 7.32. The fourth-order valence-corrected chi connectivity index (χ4v) is 2.01. The van der Waals surface area contributed by atoms with Crippen molar-refractivity contribution in [3.05, 3.63) is 42.0 Å². The minimum absolute atomic E-state index is 0.0396. The van der Waals surface area contributed by atoms with Crippen LogP contribution in [0.2, 0.25) is 0 Å². The lowest BCUT2D eigenvalue weighted by Crippen LogP contribution is -2.10. The summed E-state index contributed by atoms with van der Waals surface area (Å²) in [4.78, 5) is 16.4. The first-order valence-electron chi connectivity index (χ1n) is 7.37. The van der Waals surface area contributed by atoms with Gasteiger partial charge in [-0.15, -0.1) is 0 Å². The van der Waals surface area contributed by atoms with E-state index in [9.17, 15) is 4.79 Å². The molecule has 0 fully saturated rings. The first-order valence-corrected chi connectivity index (χ1v) is 7.37. The molecule has 0 aliphatic carbocycles. The molecule has 0 saturated carbocycles. The maximum absolute atomic E-state index is 12.2. The van der Waals surface area contributed by atoms with Gasteiger partial charge in [-0.05, 0) is 37.6 Å². The average molecular weight is 287 g/mol. The van der Waals surface area contributed by atoms with Crippen molar-refractivity contribution in [1.82, 2.24) is 14.8 Å². The zero-order valence-electron chi connectivity index (χ0n) is 12.6. The Morgan fingerprint density at radius 2 is 2.00 bits per heavy atom. The third-order valence-electron chi connectivity index (χ3n) is 3.26. The van der Waals surface area contributed by atoms with Gasteiger partial charge in [-0.1, -0.05) is 13.3 Å². The summed E-state index contributed by atoms with van der Waals surface area (Å²) in [6.07, 6.45) is 3.89. The Morgan fingerprint density at radius 3 is 2.67 bits per heavy atom. The smallest absolute Gasteiger partial charge is 0.170 e. The van der Waals surface area contributed by atoms with Gasteiger partial charge in [-0.3, -0.25) is 4.79 Å². The van der Waals surface area contributed by atoms with E-state index < -0.39 is 0 Å². The van der Waals surface area contributed by atoms with Crippen LogP contribution in [0, 0.1) is 0 Å². The Bertz CT molecular complexity index is 575. The number of hydrogen-bond donors (Lipinski definition) is 0. The number of Topliss-reactive ketones (excluding diaryl/α,β-unsaturated/α-hetero) is 1. The Balaban J connectivity index is 1.96. The van der Waals surface area contributed by atoms with E-state index in [1.807, 2.05) is 19.1 Å². The van der Waals surface area contributed by atoms with Crippen molar-refractivity contribution >= 4 is 5.78 Å². The first-order chi connectivity index (χ1) is 10.2. The molecule has 0 aliphatic heterocycles. The topological polar surface area (TPSA) is 57.0 Å². The van der Waals surface area contributed by atoms with E-state index in [1.54, 1.807) is 16.8 Å². The minimum Gasteiger partial charge on any atom is -0.494 e. The molecule has 1 aromatic heterocycles. The van der Waals surface area contributed by atoms with Crippen LogP contribution in [0.3, 0.4) is 0 Å². The molecular weight excluding hydrogens is 266 g/mol. The number of nitrogens with zero attached hydrogens (tertiary/aromatic N) is 3. The van der Waals surface area contributed by atoms with E-state index >= 15 is 0 Å². The first kappa shape index (κ1) is 15.2. The number of unbranched alkanes of at least 4 members (excludes halogenated alkanes) is 1. The molecule has 2 aromatic rings. The maximum Gasteiger partial charge on any atom is 0.170 e. The Labute approximate surface area is 125 Å². The molecule has 1 aromatic carbocycles. The summed E-state index contributed by atoms with van der Waals surface area (Å²) in [6.45, 7) is 5.53. The van der Waals surface area contributed by atoms with Gasteiger partial charge in [0.1, 0.15) is 17.9 Å². The van der Waals surface area contributed by atoms with Crippen LogP contribution >= 0.6 is 0 Å². The lowest BCUT2D eigenvalue weighted by molar-refractivity contribution is 0.0989. The number of ether oxygens (including phenoxy) is 1. The number of benzene rings is 1. The van der Waals surface area contributed by atoms with Crippen molar-refractivity contribution in [2.24, 2.45) is 0 Å². The standard InChI is InChI=1S/C16H21N3O2/c1-3-5-10-21-14-8-6-13(7-9-14)15(20)11-16-17-12-18-19(16)4-2/h6-9,12H,3-5,10-11H2,1-2H3. The normalized spacial score (nSPS) is 10.6. The van der Waals surface area contributed by atoms with Gasteiger partial charge in [0.25, 0.3) is 0 Å². The fraction of sp³-hybridized carbons (Fsp3) is 0.438. The minimum atomic E-state index is 0.0396. The van der Waals surface area contributed by atoms with Crippen molar-refractivity contribution in [2.45, 2.75) is 39.7 Å². The molecule has 1 heterocycles. The van der Waals surface area contributed by atoms with Crippen LogP contribution in [-0.2, 0) is 13.0 Å². The molecule has 0 amide bonds. The van der Waals surface area contributed by atoms with Crippen LogP contribution in [0.25, 0.3) is 0 Å². The SMILES string of the molecule is CCCCOc1ccc(C(=O)Cc2ncnn2CC)cc1. The summed E-state index contributed by atoms with van der Waals surface area (Å²) in [5, 5.41) is 4.07. The number of aryl methyl sites for hydroxylation is 1. The number of carbonyl (C=O) groups excluding carboxylic acids is 1. The van der Waals surface area contributed by atoms with Gasteiger partial charge in [0, 0.05) is 12.1 Å². The van der Waals surface area contributed by atoms with Gasteiger partial charge in [-0.2, -0.15) is 5.10 Å². The van der Waals surface area contributed by atoms with Crippen molar-refractivity contribution in [3.63, 3.8) is 0 Å². The van der Waals surface area contributed by atoms with E-state index in [-0.39, 0.29) is 12.2 Å². The second-order valence-electron chi connectivity index (χ2n) is 4.82. The molecule has 2 rings (SSSR count). The highest BCUT2D eigenvalue weighted by Crippen LogP contribution is 2.14. The van der Waals surface area contributed by atoms with Gasteiger partial charge in [0.05, 0.1) is 13.0 Å². The second-order valence-corrected chi connectivity index (χ2v) is 4.82. The van der Waals surface area contributed by atoms with Gasteiger partial charge < -0.3 is 4.74 Å². The second kappa shape index (κ2) is 7.57. The third-order valence-corrected chi connectivity index (χ3v) is 3.26. The molecule has 0 bridgehead atoms. The lowest BCUT2D eigenvalue weighted by atomic mass is 10.1. The number of rotatable bonds is 8. The molecule has 0 atom stereocenters. The Hall–Kier alpha value is -2.17. The zero-order chi connectivity index (χ0) is 15.1. The Morgan fingerprint density at radius 1 is 1.24 bits per heavy atom. The largest absolute Gasteiger partial charge is 0.494 e. The van der Waals surface area contributed by atoms with E-state index in [2.05, 4.69) is 17.0 Å². The highest BCUT2D eigenvalue weighted by atomic mass is 16.5. The van der Waals surface area contributed by atoms with Gasteiger partial charge in [0.15, 0.2) is 5.78 Å². The van der Waals surface area contributed by atoms with Crippen LogP contribution < -0.4 is 4.74 Å². The third kappa shape index (κ3) is 4.15. The quantitative estimate of drug-likeness (QED) is 0.553. The molecule has 0 N–H and O–H groups in total. The summed E-state index contributed by atoms with van der Waals surface area (Å²) in [7, 11) is 0. The van der Waals surface area contributed by atoms with E-state index in [0.717, 1.165) is 18.6 Å². The molecule has 0 aliphatic rings. The number of aromatic nitrogens is 3. The fourth-order valence-electron chi connectivity index (χ4n) is 2.01. The molecule has 5 heteroatoms. The van der Waals surface area contributed by atoms with Crippen molar-refractivity contribution in [2.75, 3.05) is 6.61 Å². The highest BCUT2D eigenvalue weighted by Gasteiger charge is 2.11. The van der Waals surface area contributed by atoms with Crippen LogP contribution in [0.15, 0.2) is 30.6 Å². The highest BCUT2D eigenvalue weighted by molar-refractivity contribution is 5.97. The zero-order valence-corrected chi connectivity index (χ0v) is 12.6. The van der Waals surface area contributed by atoms with Crippen LogP contribution in [-0.4, -0.2) is 27.2 Å². The van der Waals surface area contributed by atoms with Gasteiger partial charge in [-0.25, -0.2) is 9.67 Å². The molecule has 0 radical (unpaired) electrons. The van der Waals surface area contributed by atoms with Crippen LogP contribution in [0.5, 0.6) is 5.75 Å². The molecule has 0 saturated heterocycles. The molecule has 0 spiro atoms. The monoisotopic (exact) mass is 287 g/mol. The van der Waals surface area contributed by atoms with Gasteiger partial charge >= 0.3 is 0 Å². The van der Waals surface area contributed by atoms with Gasteiger partial charge in [0.2, 0.25) is 0 Å². The predicted octanol–water partition coefficient (Wildman–Crippen LogP) is 2.90. The van der Waals surface area contributed by atoms with E-state index in [1.165, 1.54) is 6.33 Å². The molecular formula is C16H21N3O2. The predicted molar refractivity (Wildman–Crippen MR) is 80.6 cm³/mol. The van der Waals surface area contributed by atoms with Crippen molar-refractivity contribution in [3.8, 4) is 5.75 Å². The Kier molecular flexibility index (Phi) is 5.49. The molecule has 5 nitrogen and oxygen atoms in total. The van der Waals surface area contributed by atoms with Crippen molar-refractivity contribution < 1.29 is 9.53 Å². The van der Waals surface area contributed by atoms with Crippen molar-refractivity contribution in [1.29, 1.82) is 0 Å². The summed E-state index contributed by atoms with van der Waals surface area (Å²) in [6, 6.07) is 7.29. The molecule has 0 unspecified atom stereocenters. The van der Waals surface area contributed by atoms with E-state index in [4.69, 9.17) is 4.74 Å². The summed E-state index contributed by atoms with van der Waals surface area (Å²) in [5.74, 6) is 1.54. The average Bonchev–Trinajstić information content (AvgIpc) is 2.95. The summed E-state index contributed by atoms with van der Waals surface area (Å²) in [5.41, 5.74) is 0.670. The summed E-state index contributed by atoms with van der Waals surface area (Å²) >= 11 is 0. The van der Waals surface area contributed by atoms with E-state index in [0.29, 0.717) is 24.5 Å². The lowest BCUT2D eigenvalue weighted by Gasteiger charge is -2.06. The molecule has 21 heavy (non-hydrogen) atoms. The molecule has 112 valence electrons. The number of hydrogen-bond acceptors (Lipinski definition) is 4. The maximum atomic E-state index is 12.2.